The molecule has 0 aromatic rings. The molecule has 2 rings (SSSR count). The minimum Gasteiger partial charge on any atom is -0.394 e. The van der Waals surface area contributed by atoms with Crippen LogP contribution in [-0.2, 0) is 23.7 Å². The summed E-state index contributed by atoms with van der Waals surface area (Å²) >= 11 is 0. The van der Waals surface area contributed by atoms with Crippen LogP contribution in [0, 0.1) is 0 Å². The van der Waals surface area contributed by atoms with Gasteiger partial charge < -0.3 is 65.1 Å². The number of hydrogen-bond acceptors (Lipinski definition) is 13. The van der Waals surface area contributed by atoms with E-state index in [-0.39, 0.29) is 18.9 Å². The molecule has 12 atom stereocenters. The Hall–Kier alpha value is -1.27. The second-order valence-corrected chi connectivity index (χ2v) is 18.0. The molecule has 2 aliphatic heterocycles. The van der Waals surface area contributed by atoms with Crippen molar-refractivity contribution in [2.75, 3.05) is 19.8 Å². The van der Waals surface area contributed by atoms with E-state index in [1.165, 1.54) is 128 Å². The number of nitrogens with one attached hydrogen (secondary N) is 1. The fraction of sp³-hybridized carbons (Fsp3) is 0.938. The molecule has 0 saturated carbocycles. The maximum atomic E-state index is 13.1. The van der Waals surface area contributed by atoms with E-state index in [2.05, 4.69) is 19.2 Å². The lowest BCUT2D eigenvalue weighted by Gasteiger charge is -2.46. The summed E-state index contributed by atoms with van der Waals surface area (Å²) in [7, 11) is 0. The molecular weight excluding hydrogens is 799 g/mol. The average Bonchev–Trinajstić information content (AvgIpc) is 3.27. The number of unbranched alkanes of at least 4 members (excludes halogenated alkanes) is 25. The van der Waals surface area contributed by atoms with Crippen LogP contribution in [-0.4, -0.2) is 140 Å². The van der Waals surface area contributed by atoms with Crippen LogP contribution in [0.25, 0.3) is 0 Å². The monoisotopic (exact) mass is 890 g/mol. The zero-order chi connectivity index (χ0) is 45.4. The third kappa shape index (κ3) is 23.3. The van der Waals surface area contributed by atoms with E-state index in [1.54, 1.807) is 6.08 Å². The largest absolute Gasteiger partial charge is 0.394 e. The first-order chi connectivity index (χ1) is 30.1. The molecule has 14 heteroatoms. The Bertz CT molecular complexity index is 1100. The number of hydrogen-bond donors (Lipinski definition) is 9. The number of carbonyl (C=O) groups excluding carboxylic acids is 1. The molecular formula is C48H91NO13. The van der Waals surface area contributed by atoms with Crippen molar-refractivity contribution in [1.29, 1.82) is 0 Å². The molecule has 0 spiro atoms. The van der Waals surface area contributed by atoms with E-state index in [4.69, 9.17) is 18.9 Å². The molecule has 0 aromatic heterocycles. The maximum Gasteiger partial charge on any atom is 0.220 e. The van der Waals surface area contributed by atoms with Gasteiger partial charge in [-0.3, -0.25) is 4.79 Å². The van der Waals surface area contributed by atoms with Crippen LogP contribution in [0.2, 0.25) is 0 Å². The van der Waals surface area contributed by atoms with Crippen molar-refractivity contribution in [2.24, 2.45) is 0 Å². The first-order valence-corrected chi connectivity index (χ1v) is 24.9. The van der Waals surface area contributed by atoms with E-state index in [0.717, 1.165) is 38.5 Å². The lowest BCUT2D eigenvalue weighted by Crippen LogP contribution is -2.65. The zero-order valence-electron chi connectivity index (χ0n) is 38.6. The quantitative estimate of drug-likeness (QED) is 0.0257. The second-order valence-electron chi connectivity index (χ2n) is 18.0. The van der Waals surface area contributed by atoms with Gasteiger partial charge in [-0.2, -0.15) is 0 Å². The number of aliphatic hydroxyl groups is 8. The van der Waals surface area contributed by atoms with Gasteiger partial charge in [-0.25, -0.2) is 0 Å². The third-order valence-corrected chi connectivity index (χ3v) is 12.5. The highest BCUT2D eigenvalue weighted by Gasteiger charge is 2.51. The predicted molar refractivity (Wildman–Crippen MR) is 240 cm³/mol. The Morgan fingerprint density at radius 3 is 1.48 bits per heavy atom. The Labute approximate surface area is 374 Å². The molecule has 2 fully saturated rings. The summed E-state index contributed by atoms with van der Waals surface area (Å²) in [5, 5.41) is 86.6. The van der Waals surface area contributed by atoms with Gasteiger partial charge in [-0.15, -0.1) is 0 Å². The summed E-state index contributed by atoms with van der Waals surface area (Å²) < 4.78 is 22.7. The SMILES string of the molecule is CCCCCCCCCCCCC/C=C/[C@@H](O)[C@H](COC1OC(CO)C(OC2OC(CO)C(O)C(O)C2O)C(O)C1O)NC(=O)CCCCCCCCCCCCCCCCC. The molecule has 14 nitrogen and oxygen atoms in total. The average molecular weight is 890 g/mol. The van der Waals surface area contributed by atoms with Crippen LogP contribution >= 0.6 is 0 Å². The van der Waals surface area contributed by atoms with Crippen LogP contribution < -0.4 is 5.32 Å². The Morgan fingerprint density at radius 2 is 1.00 bits per heavy atom. The minimum absolute atomic E-state index is 0.238. The lowest BCUT2D eigenvalue weighted by molar-refractivity contribution is -0.359. The van der Waals surface area contributed by atoms with Gasteiger partial charge in [0.25, 0.3) is 0 Å². The minimum atomic E-state index is -1.78. The number of amides is 1. The molecule has 1 amide bonds. The lowest BCUT2D eigenvalue weighted by atomic mass is 9.97. The van der Waals surface area contributed by atoms with Crippen molar-refractivity contribution < 1.29 is 64.6 Å². The summed E-state index contributed by atoms with van der Waals surface area (Å²) in [5.41, 5.74) is 0. The van der Waals surface area contributed by atoms with E-state index >= 15 is 0 Å². The summed E-state index contributed by atoms with van der Waals surface area (Å²) in [6.07, 6.45) is 19.6. The van der Waals surface area contributed by atoms with Crippen molar-refractivity contribution in [3.05, 3.63) is 12.2 Å². The van der Waals surface area contributed by atoms with Crippen LogP contribution in [0.5, 0.6) is 0 Å². The van der Waals surface area contributed by atoms with Gasteiger partial charge in [0.15, 0.2) is 12.6 Å². The highest BCUT2D eigenvalue weighted by molar-refractivity contribution is 5.76. The predicted octanol–water partition coefficient (Wildman–Crippen LogP) is 5.99. The Kier molecular flexibility index (Phi) is 32.9. The molecule has 10 unspecified atom stereocenters. The van der Waals surface area contributed by atoms with Crippen molar-refractivity contribution in [1.82, 2.24) is 5.32 Å². The van der Waals surface area contributed by atoms with Crippen LogP contribution in [0.15, 0.2) is 12.2 Å². The first kappa shape index (κ1) is 56.9. The molecule has 0 radical (unpaired) electrons. The number of allylic oxidation sites excluding steroid dienone is 1. The van der Waals surface area contributed by atoms with E-state index in [1.807, 2.05) is 6.08 Å². The number of rotatable bonds is 38. The van der Waals surface area contributed by atoms with Crippen LogP contribution in [0.1, 0.15) is 194 Å². The van der Waals surface area contributed by atoms with Crippen molar-refractivity contribution >= 4 is 5.91 Å². The normalized spacial score (nSPS) is 27.8. The smallest absolute Gasteiger partial charge is 0.220 e. The fourth-order valence-electron chi connectivity index (χ4n) is 8.35. The third-order valence-electron chi connectivity index (χ3n) is 12.5. The molecule has 0 aliphatic carbocycles. The first-order valence-electron chi connectivity index (χ1n) is 24.9. The Morgan fingerprint density at radius 1 is 0.565 bits per heavy atom. The van der Waals surface area contributed by atoms with Crippen molar-refractivity contribution in [2.45, 2.75) is 267 Å². The van der Waals surface area contributed by atoms with Gasteiger partial charge >= 0.3 is 0 Å². The standard InChI is InChI=1S/C48H91NO13/c1-3-5-7-9-11-13-15-17-18-20-22-24-26-28-30-32-40(53)49-36(37(52)31-29-27-25-23-21-19-16-14-12-10-8-6-4-2)35-59-47-45(58)43(56)46(39(34-51)61-47)62-48-44(57)42(55)41(54)38(33-50)60-48/h29,31,36-39,41-48,50-52,54-58H,3-28,30,32-35H2,1-2H3,(H,49,53)/b31-29+/t36-,37+,38?,39?,41?,42?,43?,44?,45?,46?,47?,48?/m0/s1. The van der Waals surface area contributed by atoms with Gasteiger partial charge in [0.2, 0.25) is 5.91 Å². The van der Waals surface area contributed by atoms with Crippen molar-refractivity contribution in [3.8, 4) is 0 Å². The fourth-order valence-corrected chi connectivity index (χ4v) is 8.35. The van der Waals surface area contributed by atoms with E-state index < -0.39 is 86.8 Å². The van der Waals surface area contributed by atoms with Crippen LogP contribution in [0.3, 0.4) is 0 Å². The topological polar surface area (TPSA) is 228 Å². The molecule has 2 saturated heterocycles. The summed E-state index contributed by atoms with van der Waals surface area (Å²) in [4.78, 5) is 13.1. The molecule has 0 bridgehead atoms. The summed E-state index contributed by atoms with van der Waals surface area (Å²) in [6.45, 7) is 2.78. The molecule has 9 N–H and O–H groups in total. The second kappa shape index (κ2) is 35.9. The molecule has 62 heavy (non-hydrogen) atoms. The van der Waals surface area contributed by atoms with E-state index in [9.17, 15) is 45.6 Å². The van der Waals surface area contributed by atoms with Gasteiger partial charge in [0.1, 0.15) is 48.8 Å². The van der Waals surface area contributed by atoms with Gasteiger partial charge in [-0.05, 0) is 19.3 Å². The highest BCUT2D eigenvalue weighted by atomic mass is 16.7. The Balaban J connectivity index is 1.86. The van der Waals surface area contributed by atoms with Gasteiger partial charge in [0.05, 0.1) is 32.0 Å². The number of carbonyl (C=O) groups is 1. The number of ether oxygens (including phenoxy) is 4. The summed E-state index contributed by atoms with van der Waals surface area (Å²) in [6, 6.07) is -0.906. The number of aliphatic hydroxyl groups excluding tert-OH is 8. The maximum absolute atomic E-state index is 13.1. The van der Waals surface area contributed by atoms with Crippen LogP contribution in [0.4, 0.5) is 0 Å². The van der Waals surface area contributed by atoms with Crippen molar-refractivity contribution in [3.63, 3.8) is 0 Å². The summed E-state index contributed by atoms with van der Waals surface area (Å²) in [5.74, 6) is -0.238. The molecule has 2 aliphatic rings. The molecule has 2 heterocycles. The zero-order valence-corrected chi connectivity index (χ0v) is 38.6. The van der Waals surface area contributed by atoms with Gasteiger partial charge in [-0.1, -0.05) is 180 Å². The molecule has 366 valence electrons. The van der Waals surface area contributed by atoms with Gasteiger partial charge in [0, 0.05) is 6.42 Å². The molecule has 0 aromatic carbocycles. The highest BCUT2D eigenvalue weighted by Crippen LogP contribution is 2.30. The van der Waals surface area contributed by atoms with E-state index in [0.29, 0.717) is 6.42 Å².